The van der Waals surface area contributed by atoms with Gasteiger partial charge in [-0.1, -0.05) is 0 Å². The van der Waals surface area contributed by atoms with Crippen LogP contribution in [0.2, 0.25) is 0 Å². The van der Waals surface area contributed by atoms with Crippen molar-refractivity contribution < 1.29 is 26.4 Å². The number of hydrogen-bond donors (Lipinski definition) is 1. The van der Waals surface area contributed by atoms with Crippen molar-refractivity contribution in [2.75, 3.05) is 37.3 Å². The van der Waals surface area contributed by atoms with Crippen molar-refractivity contribution in [3.63, 3.8) is 0 Å². The summed E-state index contributed by atoms with van der Waals surface area (Å²) in [6.07, 6.45) is -0.269. The molecular formula is C22H27F3N4O3S. The fourth-order valence-electron chi connectivity index (χ4n) is 5.00. The number of carbonyl (C=O) groups excluding carboxylic acids is 1. The van der Waals surface area contributed by atoms with E-state index in [1.165, 1.54) is 16.4 Å². The van der Waals surface area contributed by atoms with Crippen molar-refractivity contribution in [2.45, 2.75) is 37.9 Å². The first-order valence-electron chi connectivity index (χ1n) is 11.1. The number of rotatable bonds is 5. The number of amides is 1. The van der Waals surface area contributed by atoms with Crippen LogP contribution in [0.15, 0.2) is 18.2 Å². The Morgan fingerprint density at radius 3 is 2.36 bits per heavy atom. The molecule has 0 unspecified atom stereocenters. The number of nitrogens with one attached hydrogen (secondary N) is 1. The summed E-state index contributed by atoms with van der Waals surface area (Å²) in [5.74, 6) is -0.530. The minimum absolute atomic E-state index is 0.0991. The minimum Gasteiger partial charge on any atom is -0.372 e. The van der Waals surface area contributed by atoms with Gasteiger partial charge in [0.05, 0.1) is 29.4 Å². The lowest BCUT2D eigenvalue weighted by Crippen LogP contribution is -2.42. The van der Waals surface area contributed by atoms with Gasteiger partial charge in [0.25, 0.3) is 0 Å². The van der Waals surface area contributed by atoms with E-state index in [0.29, 0.717) is 38.2 Å². The highest BCUT2D eigenvalue weighted by Crippen LogP contribution is 2.39. The number of alkyl halides is 3. The molecule has 1 N–H and O–H groups in total. The minimum atomic E-state index is -4.61. The molecule has 4 rings (SSSR count). The summed E-state index contributed by atoms with van der Waals surface area (Å²) in [7, 11) is -3.42. The van der Waals surface area contributed by atoms with Gasteiger partial charge >= 0.3 is 6.18 Å². The van der Waals surface area contributed by atoms with Crippen LogP contribution >= 0.6 is 0 Å². The normalized spacial score (nSPS) is 25.1. The molecule has 3 fully saturated rings. The number of sulfonamides is 1. The standard InChI is InChI=1S/C22H27F3N4O3S/c1-33(31,32)29-12-18(19(13-29)21(30)27-16-3-4-16)14-6-8-28(9-7-14)17-5-2-15(11-26)20(10-17)22(23,24)25/h2,5,10,14,16,18-19H,3-4,6-9,12-13H2,1H3,(H,27,30)/t18-,19+/m0/s1. The Morgan fingerprint density at radius 1 is 1.15 bits per heavy atom. The molecule has 7 nitrogen and oxygen atoms in total. The third-order valence-electron chi connectivity index (χ3n) is 7.00. The van der Waals surface area contributed by atoms with E-state index in [9.17, 15) is 26.4 Å². The fraction of sp³-hybridized carbons (Fsp3) is 0.636. The second kappa shape index (κ2) is 8.80. The predicted molar refractivity (Wildman–Crippen MR) is 116 cm³/mol. The first kappa shape index (κ1) is 23.8. The summed E-state index contributed by atoms with van der Waals surface area (Å²) in [6, 6.07) is 5.53. The van der Waals surface area contributed by atoms with Crippen molar-refractivity contribution in [1.82, 2.24) is 9.62 Å². The van der Waals surface area contributed by atoms with Crippen LogP contribution < -0.4 is 10.2 Å². The Labute approximate surface area is 191 Å². The first-order valence-corrected chi connectivity index (χ1v) is 12.9. The Morgan fingerprint density at radius 2 is 1.82 bits per heavy atom. The second-order valence-corrected chi connectivity index (χ2v) is 11.3. The number of halogens is 3. The summed E-state index contributed by atoms with van der Waals surface area (Å²) in [5, 5.41) is 12.0. The molecule has 180 valence electrons. The number of nitrogens with zero attached hydrogens (tertiary/aromatic N) is 3. The zero-order valence-corrected chi connectivity index (χ0v) is 19.1. The maximum Gasteiger partial charge on any atom is 0.417 e. The molecule has 1 saturated carbocycles. The van der Waals surface area contributed by atoms with Gasteiger partial charge in [0, 0.05) is 37.9 Å². The second-order valence-electron chi connectivity index (χ2n) is 9.30. The van der Waals surface area contributed by atoms with Gasteiger partial charge in [0.2, 0.25) is 15.9 Å². The SMILES string of the molecule is CS(=O)(=O)N1C[C@@H](C(=O)NC2CC2)[C@H](C2CCN(c3ccc(C#N)c(C(F)(F)F)c3)CC2)C1. The molecule has 2 aliphatic heterocycles. The van der Waals surface area contributed by atoms with Gasteiger partial charge in [0.1, 0.15) is 0 Å². The summed E-state index contributed by atoms with van der Waals surface area (Å²) >= 11 is 0. The molecule has 2 heterocycles. The van der Waals surface area contributed by atoms with E-state index in [1.54, 1.807) is 6.07 Å². The van der Waals surface area contributed by atoms with Crippen molar-refractivity contribution in [1.29, 1.82) is 5.26 Å². The molecule has 0 bridgehead atoms. The number of benzene rings is 1. The number of piperidine rings is 1. The average molecular weight is 485 g/mol. The number of nitriles is 1. The van der Waals surface area contributed by atoms with Gasteiger partial charge < -0.3 is 10.2 Å². The lowest BCUT2D eigenvalue weighted by Gasteiger charge is -2.37. The van der Waals surface area contributed by atoms with Crippen molar-refractivity contribution in [3.8, 4) is 6.07 Å². The van der Waals surface area contributed by atoms with Crippen LogP contribution in [0.25, 0.3) is 0 Å². The van der Waals surface area contributed by atoms with E-state index in [1.807, 2.05) is 4.90 Å². The van der Waals surface area contributed by atoms with E-state index in [2.05, 4.69) is 5.32 Å². The molecule has 0 radical (unpaired) electrons. The molecule has 3 aliphatic rings. The van der Waals surface area contributed by atoms with Crippen LogP contribution in [0.5, 0.6) is 0 Å². The molecule has 2 atom stereocenters. The van der Waals surface area contributed by atoms with E-state index < -0.39 is 33.2 Å². The van der Waals surface area contributed by atoms with Crippen LogP contribution in [0.3, 0.4) is 0 Å². The molecule has 11 heteroatoms. The molecule has 1 aliphatic carbocycles. The fourth-order valence-corrected chi connectivity index (χ4v) is 5.87. The van der Waals surface area contributed by atoms with E-state index in [-0.39, 0.29) is 30.3 Å². The molecule has 2 saturated heterocycles. The van der Waals surface area contributed by atoms with Gasteiger partial charge in [0.15, 0.2) is 0 Å². The van der Waals surface area contributed by atoms with E-state index >= 15 is 0 Å². The number of anilines is 1. The Kier molecular flexibility index (Phi) is 6.35. The maximum atomic E-state index is 13.3. The molecule has 33 heavy (non-hydrogen) atoms. The van der Waals surface area contributed by atoms with Gasteiger partial charge in [-0.2, -0.15) is 18.4 Å². The van der Waals surface area contributed by atoms with E-state index in [0.717, 1.165) is 25.2 Å². The van der Waals surface area contributed by atoms with Crippen LogP contribution in [0.4, 0.5) is 18.9 Å². The first-order chi connectivity index (χ1) is 15.5. The predicted octanol–water partition coefficient (Wildman–Crippen LogP) is 2.58. The molecule has 0 aromatic heterocycles. The topological polar surface area (TPSA) is 93.5 Å². The van der Waals surface area contributed by atoms with Gasteiger partial charge in [-0.3, -0.25) is 4.79 Å². The van der Waals surface area contributed by atoms with Crippen molar-refractivity contribution in [2.24, 2.45) is 17.8 Å². The van der Waals surface area contributed by atoms with Crippen LogP contribution in [-0.2, 0) is 21.0 Å². The monoisotopic (exact) mass is 484 g/mol. The molecular weight excluding hydrogens is 457 g/mol. The largest absolute Gasteiger partial charge is 0.417 e. The molecule has 1 aromatic carbocycles. The van der Waals surface area contributed by atoms with Crippen LogP contribution in [0.1, 0.15) is 36.8 Å². The Balaban J connectivity index is 1.47. The quantitative estimate of drug-likeness (QED) is 0.694. The lowest BCUT2D eigenvalue weighted by molar-refractivity contribution is -0.137. The third kappa shape index (κ3) is 5.27. The average Bonchev–Trinajstić information content (AvgIpc) is 3.44. The summed E-state index contributed by atoms with van der Waals surface area (Å²) < 4.78 is 65.7. The van der Waals surface area contributed by atoms with Crippen molar-refractivity contribution >= 4 is 21.6 Å². The summed E-state index contributed by atoms with van der Waals surface area (Å²) in [6.45, 7) is 1.47. The smallest absolute Gasteiger partial charge is 0.372 e. The Bertz CT molecular complexity index is 1060. The maximum absolute atomic E-state index is 13.3. The highest BCUT2D eigenvalue weighted by Gasteiger charge is 2.46. The van der Waals surface area contributed by atoms with E-state index in [4.69, 9.17) is 5.26 Å². The summed E-state index contributed by atoms with van der Waals surface area (Å²) in [4.78, 5) is 14.7. The highest BCUT2D eigenvalue weighted by atomic mass is 32.2. The zero-order chi connectivity index (χ0) is 24.0. The lowest BCUT2D eigenvalue weighted by atomic mass is 9.78. The van der Waals surface area contributed by atoms with Crippen molar-refractivity contribution in [3.05, 3.63) is 29.3 Å². The summed E-state index contributed by atoms with van der Waals surface area (Å²) in [5.41, 5.74) is -0.939. The number of carbonyl (C=O) groups is 1. The van der Waals surface area contributed by atoms with Gasteiger partial charge in [-0.15, -0.1) is 0 Å². The Hall–Kier alpha value is -2.32. The highest BCUT2D eigenvalue weighted by molar-refractivity contribution is 7.88. The van der Waals surface area contributed by atoms with Gasteiger partial charge in [-0.25, -0.2) is 12.7 Å². The van der Waals surface area contributed by atoms with Crippen LogP contribution in [-0.4, -0.2) is 57.1 Å². The molecule has 0 spiro atoms. The molecule has 1 aromatic rings. The van der Waals surface area contributed by atoms with Gasteiger partial charge in [-0.05, 0) is 55.7 Å². The molecule has 1 amide bonds. The van der Waals surface area contributed by atoms with Crippen LogP contribution in [0, 0.1) is 29.1 Å². The third-order valence-corrected chi connectivity index (χ3v) is 8.24. The zero-order valence-electron chi connectivity index (χ0n) is 18.3. The number of hydrogen-bond acceptors (Lipinski definition) is 5.